The number of rotatable bonds is 12. The molecule has 0 heterocycles. The standard InChI is InChI=1S/C47H38I8O6/c48-34-12-23(13-35(49)43(34)57)6-30-10-27(11-31(42(30)56)7-24-14-36(50)44(58)37(51)15-24)22-61-47-32(8-25-16-38(52)45(59)39(53)17-25)20-29(28-4-2-1-3-5-28)21-33(47)9-26-18-40(54)46(60)41(55)19-26/h10-21,28,56-60H,1-9,22H2. The molecule has 1 fully saturated rings. The molecule has 0 spiro atoms. The van der Waals surface area contributed by atoms with Gasteiger partial charge in [-0.2, -0.15) is 0 Å². The molecule has 6 nitrogen and oxygen atoms in total. The van der Waals surface area contributed by atoms with Crippen LogP contribution in [0, 0.1) is 28.6 Å². The second kappa shape index (κ2) is 21.7. The first kappa shape index (κ1) is 48.9. The van der Waals surface area contributed by atoms with Crippen LogP contribution >= 0.6 is 181 Å². The van der Waals surface area contributed by atoms with Crippen molar-refractivity contribution in [3.8, 4) is 34.5 Å². The van der Waals surface area contributed by atoms with Gasteiger partial charge in [-0.1, -0.05) is 31.4 Å². The predicted octanol–water partition coefficient (Wildman–Crippen LogP) is 15.0. The molecule has 5 N–H and O–H groups in total. The van der Waals surface area contributed by atoms with Gasteiger partial charge in [-0.25, -0.2) is 0 Å². The van der Waals surface area contributed by atoms with Crippen molar-refractivity contribution in [1.82, 2.24) is 0 Å². The van der Waals surface area contributed by atoms with Crippen molar-refractivity contribution >= 4 is 181 Å². The highest BCUT2D eigenvalue weighted by molar-refractivity contribution is 14.1. The second-order valence-corrected chi connectivity index (χ2v) is 24.7. The fraction of sp³-hybridized carbons (Fsp3) is 0.234. The van der Waals surface area contributed by atoms with E-state index in [1.54, 1.807) is 0 Å². The van der Waals surface area contributed by atoms with Gasteiger partial charge in [0, 0.05) is 25.7 Å². The Bertz CT molecular complexity index is 2390. The highest BCUT2D eigenvalue weighted by atomic mass is 127. The van der Waals surface area contributed by atoms with Crippen molar-refractivity contribution in [1.29, 1.82) is 0 Å². The summed E-state index contributed by atoms with van der Waals surface area (Å²) in [4.78, 5) is 0. The highest BCUT2D eigenvalue weighted by Crippen LogP contribution is 2.41. The van der Waals surface area contributed by atoms with Crippen LogP contribution in [-0.2, 0) is 32.3 Å². The Labute approximate surface area is 465 Å². The molecule has 61 heavy (non-hydrogen) atoms. The molecule has 1 aliphatic rings. The quantitative estimate of drug-likeness (QED) is 0.0781. The van der Waals surface area contributed by atoms with E-state index in [-0.39, 0.29) is 23.9 Å². The lowest BCUT2D eigenvalue weighted by atomic mass is 9.81. The lowest BCUT2D eigenvalue weighted by Crippen LogP contribution is -2.10. The first-order valence-corrected chi connectivity index (χ1v) is 28.0. The molecular weight excluding hydrogens is 1680 g/mol. The smallest absolute Gasteiger partial charge is 0.142 e. The number of phenolic OH excluding ortho intramolecular Hbond substituents is 5. The van der Waals surface area contributed by atoms with Gasteiger partial charge in [0.15, 0.2) is 0 Å². The lowest BCUT2D eigenvalue weighted by molar-refractivity contribution is 0.299. The minimum atomic E-state index is 0.214. The molecule has 0 unspecified atom stereocenters. The summed E-state index contributed by atoms with van der Waals surface area (Å²) in [7, 11) is 0. The van der Waals surface area contributed by atoms with Gasteiger partial charge in [-0.05, 0) is 316 Å². The zero-order chi connectivity index (χ0) is 43.7. The van der Waals surface area contributed by atoms with E-state index < -0.39 is 0 Å². The van der Waals surface area contributed by atoms with Crippen LogP contribution in [0.1, 0.15) is 93.7 Å². The number of hydrogen-bond donors (Lipinski definition) is 5. The lowest BCUT2D eigenvalue weighted by Gasteiger charge is -2.26. The minimum Gasteiger partial charge on any atom is -0.507 e. The molecule has 0 saturated heterocycles. The maximum atomic E-state index is 11.9. The highest BCUT2D eigenvalue weighted by Gasteiger charge is 2.23. The molecule has 0 amide bonds. The molecular formula is C47H38I8O6. The molecule has 0 bridgehead atoms. The van der Waals surface area contributed by atoms with E-state index in [1.165, 1.54) is 24.8 Å². The van der Waals surface area contributed by atoms with Crippen LogP contribution in [0.25, 0.3) is 0 Å². The Balaban J connectivity index is 1.35. The van der Waals surface area contributed by atoms with Crippen LogP contribution in [0.4, 0.5) is 0 Å². The third-order valence-electron chi connectivity index (χ3n) is 10.9. The Morgan fingerprint density at radius 3 is 1.02 bits per heavy atom. The van der Waals surface area contributed by atoms with Crippen LogP contribution in [0.2, 0.25) is 0 Å². The molecule has 6 aromatic carbocycles. The SMILES string of the molecule is Oc1c(I)cc(Cc2cc(COc3c(Cc4cc(I)c(O)c(I)c4)cc(C4CCCCC4)cc3Cc3cc(I)c(O)c(I)c3)cc(Cc3cc(I)c(O)c(I)c3)c2O)cc1I. The topological polar surface area (TPSA) is 110 Å². The van der Waals surface area contributed by atoms with Crippen LogP contribution in [-0.4, -0.2) is 25.5 Å². The van der Waals surface area contributed by atoms with Crippen LogP contribution in [0.15, 0.2) is 72.8 Å². The maximum Gasteiger partial charge on any atom is 0.142 e. The molecule has 6 aromatic rings. The van der Waals surface area contributed by atoms with Gasteiger partial charge in [0.25, 0.3) is 0 Å². The molecule has 1 aliphatic carbocycles. The number of halogens is 8. The Hall–Kier alpha value is -0.0400. The fourth-order valence-electron chi connectivity index (χ4n) is 8.00. The van der Waals surface area contributed by atoms with Crippen molar-refractivity contribution in [3.05, 3.63) is 157 Å². The van der Waals surface area contributed by atoms with Crippen molar-refractivity contribution in [2.24, 2.45) is 0 Å². The molecule has 1 saturated carbocycles. The summed E-state index contributed by atoms with van der Waals surface area (Å²) in [5.41, 5.74) is 10.0. The van der Waals surface area contributed by atoms with Crippen molar-refractivity contribution in [2.75, 3.05) is 0 Å². The number of benzene rings is 6. The molecule has 318 valence electrons. The number of aromatic hydroxyl groups is 5. The summed E-state index contributed by atoms with van der Waals surface area (Å²) in [6.07, 6.45) is 8.13. The number of ether oxygens (including phenoxy) is 1. The minimum absolute atomic E-state index is 0.214. The average Bonchev–Trinajstić information content (AvgIpc) is 3.21. The van der Waals surface area contributed by atoms with Gasteiger partial charge in [-0.15, -0.1) is 0 Å². The number of hydrogen-bond acceptors (Lipinski definition) is 6. The average molecular weight is 1710 g/mol. The second-order valence-electron chi connectivity index (χ2n) is 15.4. The van der Waals surface area contributed by atoms with E-state index in [4.69, 9.17) is 4.74 Å². The van der Waals surface area contributed by atoms with Gasteiger partial charge in [0.2, 0.25) is 0 Å². The summed E-state index contributed by atoms with van der Waals surface area (Å²) in [6, 6.07) is 24.8. The normalized spacial score (nSPS) is 13.2. The van der Waals surface area contributed by atoms with Crippen LogP contribution in [0.3, 0.4) is 0 Å². The Morgan fingerprint density at radius 2 is 0.689 bits per heavy atom. The Morgan fingerprint density at radius 1 is 0.377 bits per heavy atom. The van der Waals surface area contributed by atoms with E-state index in [2.05, 4.69) is 217 Å². The molecule has 0 atom stereocenters. The summed E-state index contributed by atoms with van der Waals surface area (Å²) in [5, 5.41) is 54.3. The monoisotopic (exact) mass is 1710 g/mol. The zero-order valence-electron chi connectivity index (χ0n) is 32.2. The van der Waals surface area contributed by atoms with Crippen LogP contribution < -0.4 is 4.74 Å². The van der Waals surface area contributed by atoms with Crippen molar-refractivity contribution in [3.63, 3.8) is 0 Å². The summed E-state index contributed by atoms with van der Waals surface area (Å²) < 4.78 is 13.3. The Kier molecular flexibility index (Phi) is 17.4. The molecule has 7 rings (SSSR count). The molecule has 0 radical (unpaired) electrons. The zero-order valence-corrected chi connectivity index (χ0v) is 49.5. The maximum absolute atomic E-state index is 11.9. The molecule has 0 aliphatic heterocycles. The van der Waals surface area contributed by atoms with Gasteiger partial charge >= 0.3 is 0 Å². The number of phenols is 5. The van der Waals surface area contributed by atoms with Gasteiger partial charge in [-0.3, -0.25) is 0 Å². The third kappa shape index (κ3) is 12.1. The van der Waals surface area contributed by atoms with E-state index in [0.29, 0.717) is 43.1 Å². The van der Waals surface area contributed by atoms with Gasteiger partial charge < -0.3 is 30.3 Å². The van der Waals surface area contributed by atoms with Crippen molar-refractivity contribution in [2.45, 2.75) is 70.3 Å². The molecule has 14 heteroatoms. The largest absolute Gasteiger partial charge is 0.507 e. The summed E-state index contributed by atoms with van der Waals surface area (Å²) >= 11 is 17.4. The van der Waals surface area contributed by atoms with E-state index >= 15 is 0 Å². The van der Waals surface area contributed by atoms with Gasteiger partial charge in [0.1, 0.15) is 41.1 Å². The van der Waals surface area contributed by atoms with Gasteiger partial charge in [0.05, 0.1) is 28.6 Å². The predicted molar refractivity (Wildman–Crippen MR) is 310 cm³/mol. The first-order chi connectivity index (χ1) is 29.0. The summed E-state index contributed by atoms with van der Waals surface area (Å²) in [6.45, 7) is 0.244. The third-order valence-corrected chi connectivity index (χ3v) is 17.5. The summed E-state index contributed by atoms with van der Waals surface area (Å²) in [5.74, 6) is 2.58. The van der Waals surface area contributed by atoms with Crippen LogP contribution in [0.5, 0.6) is 34.5 Å². The fourth-order valence-corrected chi connectivity index (χ4v) is 15.6. The van der Waals surface area contributed by atoms with E-state index in [1.807, 2.05) is 36.4 Å². The first-order valence-electron chi connectivity index (χ1n) is 19.3. The van der Waals surface area contributed by atoms with Crippen molar-refractivity contribution < 1.29 is 30.3 Å². The van der Waals surface area contributed by atoms with E-state index in [0.717, 1.165) is 97.2 Å². The molecule has 0 aromatic heterocycles. The van der Waals surface area contributed by atoms with E-state index in [9.17, 15) is 25.5 Å².